The molecule has 1 heterocycles. The molecule has 1 aliphatic heterocycles. The lowest BCUT2D eigenvalue weighted by atomic mass is 9.86. The Labute approximate surface area is 233 Å². The zero-order valence-electron chi connectivity index (χ0n) is 23.6. The predicted octanol–water partition coefficient (Wildman–Crippen LogP) is 4.35. The number of rotatable bonds is 8. The molecular formula is C30H42N4O4S. The summed E-state index contributed by atoms with van der Waals surface area (Å²) in [6.45, 7) is 9.88. The average molecular weight is 555 g/mol. The molecule has 9 heteroatoms. The minimum Gasteiger partial charge on any atom is -0.336 e. The van der Waals surface area contributed by atoms with E-state index in [-0.39, 0.29) is 22.9 Å². The fourth-order valence-electron chi connectivity index (χ4n) is 5.71. The molecule has 1 aliphatic carbocycles. The van der Waals surface area contributed by atoms with Crippen molar-refractivity contribution in [3.8, 4) is 0 Å². The lowest BCUT2D eigenvalue weighted by molar-refractivity contribution is 0.102. The number of anilines is 1. The second kappa shape index (κ2) is 12.5. The number of likely N-dealkylation sites (N-methyl/N-ethyl adjacent to an activating group) is 1. The number of amides is 3. The number of nitrogens with one attached hydrogen (secondary N) is 2. The third-order valence-electron chi connectivity index (χ3n) is 7.94. The number of aryl methyl sites for hydroxylation is 1. The van der Waals surface area contributed by atoms with Crippen LogP contribution < -0.4 is 10.6 Å². The van der Waals surface area contributed by atoms with Gasteiger partial charge in [0, 0.05) is 49.2 Å². The van der Waals surface area contributed by atoms with Crippen molar-refractivity contribution >= 4 is 27.5 Å². The number of fused-ring (bicyclic) bond motifs is 1. The van der Waals surface area contributed by atoms with Crippen LogP contribution in [-0.2, 0) is 22.7 Å². The Morgan fingerprint density at radius 3 is 2.33 bits per heavy atom. The van der Waals surface area contributed by atoms with Crippen molar-refractivity contribution in [3.05, 3.63) is 59.2 Å². The molecule has 0 saturated carbocycles. The van der Waals surface area contributed by atoms with E-state index < -0.39 is 9.84 Å². The first-order valence-electron chi connectivity index (χ1n) is 14.1. The first-order valence-corrected chi connectivity index (χ1v) is 16.0. The van der Waals surface area contributed by atoms with Crippen LogP contribution in [0.5, 0.6) is 0 Å². The van der Waals surface area contributed by atoms with Gasteiger partial charge < -0.3 is 20.4 Å². The monoisotopic (exact) mass is 554 g/mol. The van der Waals surface area contributed by atoms with Crippen molar-refractivity contribution in [2.24, 2.45) is 5.92 Å². The van der Waals surface area contributed by atoms with Gasteiger partial charge in [0.2, 0.25) is 0 Å². The molecule has 0 aromatic heterocycles. The summed E-state index contributed by atoms with van der Waals surface area (Å²) in [5.41, 5.74) is 3.78. The van der Waals surface area contributed by atoms with Crippen LogP contribution in [0, 0.1) is 5.92 Å². The highest BCUT2D eigenvalue weighted by Gasteiger charge is 2.29. The van der Waals surface area contributed by atoms with Gasteiger partial charge in [-0.1, -0.05) is 13.0 Å². The van der Waals surface area contributed by atoms with Gasteiger partial charge in [0.1, 0.15) is 0 Å². The number of piperidine rings is 1. The van der Waals surface area contributed by atoms with E-state index in [1.165, 1.54) is 23.3 Å². The number of likely N-dealkylation sites (tertiary alicyclic amines) is 1. The number of sulfone groups is 1. The van der Waals surface area contributed by atoms with E-state index in [1.807, 2.05) is 24.8 Å². The number of benzene rings is 2. The third kappa shape index (κ3) is 7.60. The van der Waals surface area contributed by atoms with Crippen LogP contribution in [0.3, 0.4) is 0 Å². The van der Waals surface area contributed by atoms with Gasteiger partial charge in [-0.15, -0.1) is 0 Å². The lowest BCUT2D eigenvalue weighted by Gasteiger charge is -2.39. The highest BCUT2D eigenvalue weighted by molar-refractivity contribution is 7.90. The van der Waals surface area contributed by atoms with Crippen molar-refractivity contribution in [2.45, 2.75) is 69.9 Å². The molecule has 3 amide bonds. The fraction of sp³-hybridized carbons (Fsp3) is 0.533. The largest absolute Gasteiger partial charge is 0.336 e. The van der Waals surface area contributed by atoms with Crippen LogP contribution in [0.15, 0.2) is 47.4 Å². The summed E-state index contributed by atoms with van der Waals surface area (Å²) < 4.78 is 23.4. The highest BCUT2D eigenvalue weighted by atomic mass is 32.2. The second-order valence-corrected chi connectivity index (χ2v) is 13.3. The lowest BCUT2D eigenvalue weighted by Crippen LogP contribution is -2.48. The van der Waals surface area contributed by atoms with Crippen LogP contribution in [-0.4, -0.2) is 74.7 Å². The Balaban J connectivity index is 1.34. The highest BCUT2D eigenvalue weighted by Crippen LogP contribution is 2.29. The topological polar surface area (TPSA) is 98.8 Å². The Bertz CT molecular complexity index is 1270. The van der Waals surface area contributed by atoms with Gasteiger partial charge >= 0.3 is 6.03 Å². The molecule has 0 bridgehead atoms. The molecule has 8 nitrogen and oxygen atoms in total. The minimum atomic E-state index is -3.30. The van der Waals surface area contributed by atoms with Gasteiger partial charge in [-0.05, 0) is 106 Å². The molecule has 1 unspecified atom stereocenters. The summed E-state index contributed by atoms with van der Waals surface area (Å²) >= 11 is 0. The van der Waals surface area contributed by atoms with Gasteiger partial charge in [-0.2, -0.15) is 0 Å². The summed E-state index contributed by atoms with van der Waals surface area (Å²) in [7, 11) is -3.30. The molecule has 212 valence electrons. The Hall–Kier alpha value is -2.91. The number of hydrogen-bond donors (Lipinski definition) is 2. The Morgan fingerprint density at radius 1 is 1.03 bits per heavy atom. The van der Waals surface area contributed by atoms with E-state index >= 15 is 0 Å². The van der Waals surface area contributed by atoms with E-state index in [0.717, 1.165) is 70.2 Å². The van der Waals surface area contributed by atoms with Crippen molar-refractivity contribution in [2.75, 3.05) is 37.8 Å². The van der Waals surface area contributed by atoms with Crippen molar-refractivity contribution in [1.82, 2.24) is 15.1 Å². The maximum absolute atomic E-state index is 12.8. The average Bonchev–Trinajstić information content (AvgIpc) is 2.91. The molecule has 0 radical (unpaired) electrons. The molecule has 1 fully saturated rings. The van der Waals surface area contributed by atoms with Crippen molar-refractivity contribution < 1.29 is 18.0 Å². The first-order chi connectivity index (χ1) is 18.5. The molecule has 2 aliphatic rings. The molecule has 1 saturated heterocycles. The SMILES string of the molecule is CCN(CC1CCN(C(=O)NC(C)C)CC1)C1CCc2ccc(NC(=O)c3ccc(S(C)(=O)=O)cc3)cc2C1. The van der Waals surface area contributed by atoms with Gasteiger partial charge in [0.25, 0.3) is 5.91 Å². The third-order valence-corrected chi connectivity index (χ3v) is 9.07. The number of hydrogen-bond acceptors (Lipinski definition) is 5. The number of carbonyl (C=O) groups is 2. The zero-order valence-corrected chi connectivity index (χ0v) is 24.4. The van der Waals surface area contributed by atoms with E-state index in [1.54, 1.807) is 12.1 Å². The standard InChI is InChI=1S/C30H42N4O4S/c1-5-33(20-22-14-16-34(17-15-22)30(36)31-21(2)3)27-11-7-23-6-10-26(18-25(23)19-27)32-29(35)24-8-12-28(13-9-24)39(4,37)38/h6,8-10,12-13,18,21-22,27H,5,7,11,14-17,19-20H2,1-4H3,(H,31,36)(H,32,35). The van der Waals surface area contributed by atoms with Crippen LogP contribution in [0.2, 0.25) is 0 Å². The minimum absolute atomic E-state index is 0.0495. The fourth-order valence-corrected chi connectivity index (χ4v) is 6.34. The van der Waals surface area contributed by atoms with Crippen molar-refractivity contribution in [1.29, 1.82) is 0 Å². The van der Waals surface area contributed by atoms with Gasteiger partial charge in [-0.3, -0.25) is 4.79 Å². The summed E-state index contributed by atoms with van der Waals surface area (Å²) in [6.07, 6.45) is 6.31. The van der Waals surface area contributed by atoms with Crippen molar-refractivity contribution in [3.63, 3.8) is 0 Å². The molecule has 2 aromatic carbocycles. The summed E-state index contributed by atoms with van der Waals surface area (Å²) in [6, 6.07) is 12.8. The molecule has 2 N–H and O–H groups in total. The number of urea groups is 1. The molecule has 39 heavy (non-hydrogen) atoms. The number of nitrogens with zero attached hydrogens (tertiary/aromatic N) is 2. The molecule has 2 aromatic rings. The smallest absolute Gasteiger partial charge is 0.317 e. The van der Waals surface area contributed by atoms with E-state index in [2.05, 4.69) is 34.6 Å². The number of carbonyl (C=O) groups excluding carboxylic acids is 2. The van der Waals surface area contributed by atoms with Crippen LogP contribution in [0.25, 0.3) is 0 Å². The Morgan fingerprint density at radius 2 is 1.72 bits per heavy atom. The zero-order chi connectivity index (χ0) is 28.2. The Kier molecular flexibility index (Phi) is 9.33. The molecule has 0 spiro atoms. The summed E-state index contributed by atoms with van der Waals surface area (Å²) in [5, 5.41) is 5.98. The van der Waals surface area contributed by atoms with E-state index in [9.17, 15) is 18.0 Å². The van der Waals surface area contributed by atoms with Crippen LogP contribution >= 0.6 is 0 Å². The predicted molar refractivity (Wildman–Crippen MR) is 155 cm³/mol. The maximum atomic E-state index is 12.8. The first kappa shape index (κ1) is 29.1. The van der Waals surface area contributed by atoms with E-state index in [4.69, 9.17) is 0 Å². The molecular weight excluding hydrogens is 512 g/mol. The van der Waals surface area contributed by atoms with Gasteiger partial charge in [-0.25, -0.2) is 13.2 Å². The molecule has 4 rings (SSSR count). The van der Waals surface area contributed by atoms with Crippen LogP contribution in [0.4, 0.5) is 10.5 Å². The quantitative estimate of drug-likeness (QED) is 0.506. The van der Waals surface area contributed by atoms with E-state index in [0.29, 0.717) is 17.5 Å². The maximum Gasteiger partial charge on any atom is 0.317 e. The summed E-state index contributed by atoms with van der Waals surface area (Å²) in [4.78, 5) is 29.9. The normalized spacial score (nSPS) is 18.2. The second-order valence-electron chi connectivity index (χ2n) is 11.3. The van der Waals surface area contributed by atoms with Gasteiger partial charge in [0.15, 0.2) is 9.84 Å². The van der Waals surface area contributed by atoms with Crippen LogP contribution in [0.1, 0.15) is 61.5 Å². The summed E-state index contributed by atoms with van der Waals surface area (Å²) in [5.74, 6) is 0.333. The van der Waals surface area contributed by atoms with Gasteiger partial charge in [0.05, 0.1) is 4.90 Å². The molecule has 1 atom stereocenters.